The highest BCUT2D eigenvalue weighted by atomic mass is 16.4. The molecule has 2 aromatic rings. The third-order valence-corrected chi connectivity index (χ3v) is 3.67. The molecule has 6 heteroatoms. The molecule has 3 rings (SSSR count). The van der Waals surface area contributed by atoms with Crippen LogP contribution in [0.2, 0.25) is 0 Å². The van der Waals surface area contributed by atoms with Crippen LogP contribution < -0.4 is 5.32 Å². The number of carboxylic acids is 1. The third kappa shape index (κ3) is 2.52. The van der Waals surface area contributed by atoms with Crippen LogP contribution >= 0.6 is 0 Å². The number of hydrogen-bond acceptors (Lipinski definition) is 3. The zero-order chi connectivity index (χ0) is 14.8. The molecule has 1 aromatic carbocycles. The van der Waals surface area contributed by atoms with Crippen LogP contribution in [0, 0.1) is 0 Å². The third-order valence-electron chi connectivity index (χ3n) is 3.67. The highest BCUT2D eigenvalue weighted by Gasteiger charge is 2.34. The van der Waals surface area contributed by atoms with Gasteiger partial charge in [-0.2, -0.15) is 0 Å². The van der Waals surface area contributed by atoms with Crippen LogP contribution in [0.25, 0.3) is 10.9 Å². The summed E-state index contributed by atoms with van der Waals surface area (Å²) in [5, 5.41) is 12.8. The average molecular weight is 285 g/mol. The quantitative estimate of drug-likeness (QED) is 0.887. The molecule has 2 heterocycles. The lowest BCUT2D eigenvalue weighted by Gasteiger charge is -2.22. The van der Waals surface area contributed by atoms with E-state index in [0.717, 1.165) is 5.39 Å². The number of likely N-dealkylation sites (tertiary alicyclic amines) is 1. The topological polar surface area (TPSA) is 82.5 Å². The van der Waals surface area contributed by atoms with Gasteiger partial charge in [0, 0.05) is 18.1 Å². The number of aromatic nitrogens is 1. The first-order valence-electron chi connectivity index (χ1n) is 6.81. The van der Waals surface area contributed by atoms with Crippen molar-refractivity contribution in [1.29, 1.82) is 0 Å². The van der Waals surface area contributed by atoms with Gasteiger partial charge in [-0.1, -0.05) is 18.2 Å². The lowest BCUT2D eigenvalue weighted by Crippen LogP contribution is -2.42. The summed E-state index contributed by atoms with van der Waals surface area (Å²) < 4.78 is 0. The van der Waals surface area contributed by atoms with Crippen LogP contribution in [0.3, 0.4) is 0 Å². The molecule has 1 atom stereocenters. The number of carboxylic acid groups (broad SMARTS) is 1. The van der Waals surface area contributed by atoms with Gasteiger partial charge < -0.3 is 15.3 Å². The summed E-state index contributed by atoms with van der Waals surface area (Å²) in [7, 11) is 0. The van der Waals surface area contributed by atoms with Gasteiger partial charge in [0.1, 0.15) is 6.04 Å². The Kier molecular flexibility index (Phi) is 3.43. The fraction of sp³-hybridized carbons (Fsp3) is 0.267. The van der Waals surface area contributed by atoms with Crippen LogP contribution in [0.5, 0.6) is 0 Å². The Bertz CT molecular complexity index is 696. The van der Waals surface area contributed by atoms with Crippen molar-refractivity contribution in [2.45, 2.75) is 18.9 Å². The molecule has 1 aromatic heterocycles. The SMILES string of the molecule is O=C(O)C1CCCN1C(=O)Nc1cccc2cccnc12. The maximum Gasteiger partial charge on any atom is 0.326 e. The smallest absolute Gasteiger partial charge is 0.326 e. The van der Waals surface area contributed by atoms with Crippen molar-refractivity contribution in [3.8, 4) is 0 Å². The minimum Gasteiger partial charge on any atom is -0.480 e. The van der Waals surface area contributed by atoms with E-state index in [1.165, 1.54) is 4.90 Å². The number of para-hydroxylation sites is 1. The van der Waals surface area contributed by atoms with E-state index in [9.17, 15) is 9.59 Å². The van der Waals surface area contributed by atoms with Crippen LogP contribution in [0.15, 0.2) is 36.5 Å². The van der Waals surface area contributed by atoms with Gasteiger partial charge in [0.25, 0.3) is 0 Å². The maximum absolute atomic E-state index is 12.3. The van der Waals surface area contributed by atoms with E-state index in [1.54, 1.807) is 12.3 Å². The monoisotopic (exact) mass is 285 g/mol. The summed E-state index contributed by atoms with van der Waals surface area (Å²) in [5.41, 5.74) is 1.29. The number of nitrogens with zero attached hydrogens (tertiary/aromatic N) is 2. The molecule has 1 aliphatic heterocycles. The molecule has 1 saturated heterocycles. The van der Waals surface area contributed by atoms with Crippen LogP contribution in [0.1, 0.15) is 12.8 Å². The van der Waals surface area contributed by atoms with Crippen molar-refractivity contribution in [2.24, 2.45) is 0 Å². The molecular formula is C15H15N3O3. The molecule has 2 N–H and O–H groups in total. The number of urea groups is 1. The Morgan fingerprint density at radius 2 is 2.10 bits per heavy atom. The summed E-state index contributed by atoms with van der Waals surface area (Å²) in [5.74, 6) is -0.960. The zero-order valence-electron chi connectivity index (χ0n) is 11.3. The minimum atomic E-state index is -0.960. The van der Waals surface area contributed by atoms with Crippen molar-refractivity contribution in [1.82, 2.24) is 9.88 Å². The van der Waals surface area contributed by atoms with Gasteiger partial charge in [0.15, 0.2) is 0 Å². The number of fused-ring (bicyclic) bond motifs is 1. The largest absolute Gasteiger partial charge is 0.480 e. The molecule has 0 radical (unpaired) electrons. The van der Waals surface area contributed by atoms with Gasteiger partial charge in [0.05, 0.1) is 11.2 Å². The number of pyridine rings is 1. The minimum absolute atomic E-state index is 0.391. The number of carbonyl (C=O) groups is 2. The van der Waals surface area contributed by atoms with E-state index in [1.807, 2.05) is 24.3 Å². The molecular weight excluding hydrogens is 270 g/mol. The fourth-order valence-corrected chi connectivity index (χ4v) is 2.66. The molecule has 1 fully saturated rings. The molecule has 0 bridgehead atoms. The molecule has 21 heavy (non-hydrogen) atoms. The number of anilines is 1. The van der Waals surface area contributed by atoms with Gasteiger partial charge >= 0.3 is 12.0 Å². The normalized spacial score (nSPS) is 17.9. The Labute approximate surface area is 121 Å². The maximum atomic E-state index is 12.3. The van der Waals surface area contributed by atoms with E-state index in [2.05, 4.69) is 10.3 Å². The van der Waals surface area contributed by atoms with Crippen LogP contribution in [-0.4, -0.2) is 39.6 Å². The standard InChI is InChI=1S/C15H15N3O3/c19-14(20)12-7-3-9-18(12)15(21)17-11-6-1-4-10-5-2-8-16-13(10)11/h1-2,4-6,8,12H,3,7,9H2,(H,17,21)(H,19,20). The number of amides is 2. The molecule has 0 aliphatic carbocycles. The Balaban J connectivity index is 1.85. The highest BCUT2D eigenvalue weighted by molar-refractivity contribution is 6.00. The number of carbonyl (C=O) groups excluding carboxylic acids is 1. The predicted molar refractivity (Wildman–Crippen MR) is 78.1 cm³/mol. The lowest BCUT2D eigenvalue weighted by atomic mass is 10.2. The summed E-state index contributed by atoms with van der Waals surface area (Å²) >= 11 is 0. The molecule has 0 saturated carbocycles. The van der Waals surface area contributed by atoms with Gasteiger partial charge in [0.2, 0.25) is 0 Å². The van der Waals surface area contributed by atoms with E-state index in [-0.39, 0.29) is 0 Å². The predicted octanol–water partition coefficient (Wildman–Crippen LogP) is 2.32. The van der Waals surface area contributed by atoms with Crippen molar-refractivity contribution in [2.75, 3.05) is 11.9 Å². The van der Waals surface area contributed by atoms with Gasteiger partial charge in [-0.05, 0) is 25.0 Å². The molecule has 0 spiro atoms. The van der Waals surface area contributed by atoms with Crippen molar-refractivity contribution in [3.63, 3.8) is 0 Å². The molecule has 1 aliphatic rings. The Morgan fingerprint density at radius 1 is 1.29 bits per heavy atom. The Morgan fingerprint density at radius 3 is 2.90 bits per heavy atom. The lowest BCUT2D eigenvalue weighted by molar-refractivity contribution is -0.141. The second kappa shape index (κ2) is 5.40. The van der Waals surface area contributed by atoms with Gasteiger partial charge in [-0.25, -0.2) is 9.59 Å². The highest BCUT2D eigenvalue weighted by Crippen LogP contribution is 2.23. The number of benzene rings is 1. The summed E-state index contributed by atoms with van der Waals surface area (Å²) in [6.45, 7) is 0.459. The number of aliphatic carboxylic acids is 1. The van der Waals surface area contributed by atoms with Crippen LogP contribution in [0.4, 0.5) is 10.5 Å². The fourth-order valence-electron chi connectivity index (χ4n) is 2.66. The number of rotatable bonds is 2. The van der Waals surface area contributed by atoms with Crippen LogP contribution in [-0.2, 0) is 4.79 Å². The first kappa shape index (κ1) is 13.4. The molecule has 1 unspecified atom stereocenters. The summed E-state index contributed by atoms with van der Waals surface area (Å²) in [6.07, 6.45) is 2.86. The first-order chi connectivity index (χ1) is 10.2. The van der Waals surface area contributed by atoms with Crippen molar-refractivity contribution >= 4 is 28.6 Å². The van der Waals surface area contributed by atoms with Gasteiger partial charge in [-0.15, -0.1) is 0 Å². The molecule has 108 valence electrons. The van der Waals surface area contributed by atoms with Gasteiger partial charge in [-0.3, -0.25) is 4.98 Å². The number of hydrogen-bond donors (Lipinski definition) is 2. The zero-order valence-corrected chi connectivity index (χ0v) is 11.3. The van der Waals surface area contributed by atoms with E-state index in [0.29, 0.717) is 30.6 Å². The first-order valence-corrected chi connectivity index (χ1v) is 6.81. The number of nitrogens with one attached hydrogen (secondary N) is 1. The molecule has 6 nitrogen and oxygen atoms in total. The van der Waals surface area contributed by atoms with E-state index in [4.69, 9.17) is 5.11 Å². The van der Waals surface area contributed by atoms with Crippen molar-refractivity contribution < 1.29 is 14.7 Å². The Hall–Kier alpha value is -2.63. The van der Waals surface area contributed by atoms with E-state index >= 15 is 0 Å². The molecule has 2 amide bonds. The summed E-state index contributed by atoms with van der Waals surface area (Å²) in [4.78, 5) is 29.1. The second-order valence-electron chi connectivity index (χ2n) is 5.00. The summed E-state index contributed by atoms with van der Waals surface area (Å²) in [6, 6.07) is 8.11. The average Bonchev–Trinajstić information content (AvgIpc) is 2.97. The van der Waals surface area contributed by atoms with Crippen molar-refractivity contribution in [3.05, 3.63) is 36.5 Å². The van der Waals surface area contributed by atoms with E-state index < -0.39 is 18.0 Å². The second-order valence-corrected chi connectivity index (χ2v) is 5.00.